The summed E-state index contributed by atoms with van der Waals surface area (Å²) in [4.78, 5) is 13.1. The fourth-order valence-corrected chi connectivity index (χ4v) is 1.98. The van der Waals surface area contributed by atoms with Crippen LogP contribution in [0.2, 0.25) is 0 Å². The van der Waals surface area contributed by atoms with Crippen LogP contribution < -0.4 is 10.3 Å². The third-order valence-electron chi connectivity index (χ3n) is 1.41. The monoisotopic (exact) mass is 202 g/mol. The van der Waals surface area contributed by atoms with Gasteiger partial charge in [0, 0.05) is 12.7 Å². The van der Waals surface area contributed by atoms with E-state index in [1.807, 2.05) is 0 Å². The van der Waals surface area contributed by atoms with E-state index in [0.717, 1.165) is 0 Å². The highest BCUT2D eigenvalue weighted by molar-refractivity contribution is 7.89. The molecule has 1 heterocycles. The summed E-state index contributed by atoms with van der Waals surface area (Å²) in [6.07, 6.45) is 1.38. The molecule has 0 aliphatic rings. The van der Waals surface area contributed by atoms with E-state index in [0.29, 0.717) is 0 Å². The second-order valence-corrected chi connectivity index (χ2v) is 4.10. The van der Waals surface area contributed by atoms with Crippen LogP contribution >= 0.6 is 0 Å². The average Bonchev–Trinajstić information content (AvgIpc) is 2.04. The van der Waals surface area contributed by atoms with Crippen LogP contribution in [0.1, 0.15) is 6.92 Å². The number of rotatable bonds is 3. The van der Waals surface area contributed by atoms with Gasteiger partial charge in [0.05, 0.1) is 0 Å². The van der Waals surface area contributed by atoms with Gasteiger partial charge in [-0.25, -0.2) is 13.1 Å². The summed E-state index contributed by atoms with van der Waals surface area (Å²) in [5.74, 6) is 0. The normalized spacial score (nSPS) is 11.5. The van der Waals surface area contributed by atoms with Gasteiger partial charge in [0.15, 0.2) is 0 Å². The molecular formula is C7H10N2O3S. The number of hydrogen-bond acceptors (Lipinski definition) is 3. The molecule has 72 valence electrons. The minimum atomic E-state index is -3.63. The molecule has 6 heteroatoms. The van der Waals surface area contributed by atoms with Crippen LogP contribution in [0.5, 0.6) is 0 Å². The van der Waals surface area contributed by atoms with Crippen molar-refractivity contribution in [3.63, 3.8) is 0 Å². The second kappa shape index (κ2) is 3.71. The summed E-state index contributed by atoms with van der Waals surface area (Å²) in [6, 6.07) is 2.72. The minimum Gasteiger partial charge on any atom is -0.328 e. The van der Waals surface area contributed by atoms with E-state index in [1.165, 1.54) is 18.3 Å². The molecule has 0 aliphatic carbocycles. The van der Waals surface area contributed by atoms with E-state index in [4.69, 9.17) is 0 Å². The van der Waals surface area contributed by atoms with E-state index in [9.17, 15) is 13.2 Å². The van der Waals surface area contributed by atoms with Crippen LogP contribution in [-0.2, 0) is 10.0 Å². The first-order valence-corrected chi connectivity index (χ1v) is 5.23. The lowest BCUT2D eigenvalue weighted by atomic mass is 10.5. The van der Waals surface area contributed by atoms with Gasteiger partial charge in [0.2, 0.25) is 10.0 Å². The highest BCUT2D eigenvalue weighted by Crippen LogP contribution is 1.98. The number of sulfonamides is 1. The maximum Gasteiger partial charge on any atom is 0.268 e. The van der Waals surface area contributed by atoms with Gasteiger partial charge in [-0.3, -0.25) is 4.79 Å². The summed E-state index contributed by atoms with van der Waals surface area (Å²) >= 11 is 0. The molecule has 0 fully saturated rings. The third kappa shape index (κ3) is 2.16. The Bertz CT molecular complexity index is 435. The van der Waals surface area contributed by atoms with Gasteiger partial charge in [-0.05, 0) is 12.1 Å². The van der Waals surface area contributed by atoms with Crippen LogP contribution in [0.15, 0.2) is 28.0 Å². The Kier molecular flexibility index (Phi) is 2.84. The van der Waals surface area contributed by atoms with Gasteiger partial charge in [-0.15, -0.1) is 0 Å². The molecule has 1 aromatic heterocycles. The molecule has 0 radical (unpaired) electrons. The Morgan fingerprint density at radius 1 is 1.54 bits per heavy atom. The van der Waals surface area contributed by atoms with Crippen LogP contribution in [0, 0.1) is 0 Å². The smallest absolute Gasteiger partial charge is 0.268 e. The molecule has 0 saturated heterocycles. The van der Waals surface area contributed by atoms with Crippen molar-refractivity contribution >= 4 is 10.0 Å². The molecule has 1 rings (SSSR count). The average molecular weight is 202 g/mol. The van der Waals surface area contributed by atoms with Crippen molar-refractivity contribution in [2.75, 3.05) is 6.54 Å². The molecule has 0 bridgehead atoms. The first-order chi connectivity index (χ1) is 6.08. The lowest BCUT2D eigenvalue weighted by Crippen LogP contribution is -2.28. The molecule has 0 amide bonds. The number of hydrogen-bond donors (Lipinski definition) is 2. The minimum absolute atomic E-state index is 0.253. The molecule has 0 aromatic carbocycles. The molecule has 0 saturated carbocycles. The zero-order valence-corrected chi connectivity index (χ0v) is 7.89. The van der Waals surface area contributed by atoms with Crippen LogP contribution in [0.3, 0.4) is 0 Å². The van der Waals surface area contributed by atoms with Crippen molar-refractivity contribution in [1.82, 2.24) is 9.71 Å². The number of aromatic amines is 1. The molecule has 5 nitrogen and oxygen atoms in total. The largest absolute Gasteiger partial charge is 0.328 e. The third-order valence-corrected chi connectivity index (χ3v) is 2.98. The molecule has 13 heavy (non-hydrogen) atoms. The number of H-pyrrole nitrogens is 1. The van der Waals surface area contributed by atoms with Crippen molar-refractivity contribution in [2.45, 2.75) is 11.8 Å². The van der Waals surface area contributed by atoms with Gasteiger partial charge in [0.25, 0.3) is 5.56 Å². The van der Waals surface area contributed by atoms with Crippen LogP contribution in [0.25, 0.3) is 0 Å². The first-order valence-electron chi connectivity index (χ1n) is 3.75. The van der Waals surface area contributed by atoms with Crippen molar-refractivity contribution in [1.29, 1.82) is 0 Å². The molecule has 1 aromatic rings. The summed E-state index contributed by atoms with van der Waals surface area (Å²) in [6.45, 7) is 1.91. The summed E-state index contributed by atoms with van der Waals surface area (Å²) < 4.78 is 24.9. The Balaban J connectivity index is 3.24. The molecule has 0 aliphatic heterocycles. The quantitative estimate of drug-likeness (QED) is 0.704. The second-order valence-electron chi connectivity index (χ2n) is 2.36. The molecule has 2 N–H and O–H groups in total. The predicted octanol–water partition coefficient (Wildman–Crippen LogP) is -0.327. The van der Waals surface area contributed by atoms with Gasteiger partial charge < -0.3 is 4.98 Å². The molecule has 0 unspecified atom stereocenters. The van der Waals surface area contributed by atoms with Crippen molar-refractivity contribution in [2.24, 2.45) is 0 Å². The fourth-order valence-electron chi connectivity index (χ4n) is 0.886. The maximum absolute atomic E-state index is 11.3. The van der Waals surface area contributed by atoms with Crippen molar-refractivity contribution in [3.8, 4) is 0 Å². The molecule has 0 atom stereocenters. The van der Waals surface area contributed by atoms with Gasteiger partial charge >= 0.3 is 0 Å². The Hall–Kier alpha value is -1.14. The van der Waals surface area contributed by atoms with Crippen molar-refractivity contribution in [3.05, 3.63) is 28.7 Å². The highest BCUT2D eigenvalue weighted by Gasteiger charge is 2.15. The van der Waals surface area contributed by atoms with Gasteiger partial charge in [-0.1, -0.05) is 6.92 Å². The van der Waals surface area contributed by atoms with E-state index in [1.54, 1.807) is 6.92 Å². The molecule has 0 spiro atoms. The topological polar surface area (TPSA) is 79.0 Å². The summed E-state index contributed by atoms with van der Waals surface area (Å²) in [5, 5.41) is 0. The lowest BCUT2D eigenvalue weighted by molar-refractivity contribution is 0.582. The zero-order valence-electron chi connectivity index (χ0n) is 7.07. The summed E-state index contributed by atoms with van der Waals surface area (Å²) in [5.41, 5.74) is -0.608. The fraction of sp³-hybridized carbons (Fsp3) is 0.286. The Morgan fingerprint density at radius 3 is 2.77 bits per heavy atom. The van der Waals surface area contributed by atoms with Crippen LogP contribution in [0.4, 0.5) is 0 Å². The SMILES string of the molecule is CCNS(=O)(=O)c1ccc[nH]c1=O. The Morgan fingerprint density at radius 2 is 2.23 bits per heavy atom. The number of pyridine rings is 1. The molecular weight excluding hydrogens is 192 g/mol. The first kappa shape index (κ1) is 9.94. The van der Waals surface area contributed by atoms with Crippen LogP contribution in [-0.4, -0.2) is 19.9 Å². The lowest BCUT2D eigenvalue weighted by Gasteiger charge is -2.01. The van der Waals surface area contributed by atoms with E-state index < -0.39 is 15.6 Å². The number of aromatic nitrogens is 1. The van der Waals surface area contributed by atoms with Gasteiger partial charge in [-0.2, -0.15) is 0 Å². The maximum atomic E-state index is 11.3. The standard InChI is InChI=1S/C7H10N2O3S/c1-2-9-13(11,12)6-4-3-5-8-7(6)10/h3-5,9H,2H2,1H3,(H,8,10). The Labute approximate surface area is 75.9 Å². The van der Waals surface area contributed by atoms with Gasteiger partial charge in [0.1, 0.15) is 4.90 Å². The highest BCUT2D eigenvalue weighted by atomic mass is 32.2. The predicted molar refractivity (Wildman–Crippen MR) is 47.9 cm³/mol. The summed E-state index contributed by atoms with van der Waals surface area (Å²) in [7, 11) is -3.63. The zero-order chi connectivity index (χ0) is 9.90. The number of nitrogens with one attached hydrogen (secondary N) is 2. The van der Waals surface area contributed by atoms with E-state index in [-0.39, 0.29) is 11.4 Å². The van der Waals surface area contributed by atoms with E-state index in [2.05, 4.69) is 9.71 Å². The van der Waals surface area contributed by atoms with Crippen molar-refractivity contribution < 1.29 is 8.42 Å². The van der Waals surface area contributed by atoms with E-state index >= 15 is 0 Å².